The maximum atomic E-state index is 12.3. The quantitative estimate of drug-likeness (QED) is 0.773. The predicted molar refractivity (Wildman–Crippen MR) is 73.4 cm³/mol. The summed E-state index contributed by atoms with van der Waals surface area (Å²) in [7, 11) is -6.70. The Balaban J connectivity index is 2.22. The molecule has 0 bridgehead atoms. The fraction of sp³-hybridized carbons (Fsp3) is 0.455. The van der Waals surface area contributed by atoms with Gasteiger partial charge >= 0.3 is 0 Å². The lowest BCUT2D eigenvalue weighted by Crippen LogP contribution is -2.43. The van der Waals surface area contributed by atoms with Crippen molar-refractivity contribution < 1.29 is 16.8 Å². The number of sulfone groups is 1. The summed E-state index contributed by atoms with van der Waals surface area (Å²) in [6.45, 7) is 0.0316. The predicted octanol–water partition coefficient (Wildman–Crippen LogP) is 0.845. The third kappa shape index (κ3) is 3.28. The first-order valence-corrected chi connectivity index (χ1v) is 9.50. The Labute approximate surface area is 118 Å². The highest BCUT2D eigenvalue weighted by atomic mass is 35.5. The van der Waals surface area contributed by atoms with E-state index in [2.05, 4.69) is 0 Å². The fourth-order valence-corrected chi connectivity index (χ4v) is 4.89. The van der Waals surface area contributed by atoms with Crippen LogP contribution in [0.25, 0.3) is 0 Å². The molecule has 1 saturated heterocycles. The van der Waals surface area contributed by atoms with Gasteiger partial charge in [-0.25, -0.2) is 16.8 Å². The standard InChI is InChI=1S/C11H14ClNO4S2/c12-9-10-1-3-11(4-2-10)19(16,17)13-5-7-18(14,15)8-6-13/h1-4H,5-9H2. The number of nitrogens with zero attached hydrogens (tertiary/aromatic N) is 1. The molecule has 2 rings (SSSR count). The average molecular weight is 324 g/mol. The van der Waals surface area contributed by atoms with Gasteiger partial charge in [-0.1, -0.05) is 12.1 Å². The molecular weight excluding hydrogens is 310 g/mol. The Bertz CT molecular complexity index is 638. The third-order valence-corrected chi connectivity index (χ3v) is 6.85. The summed E-state index contributed by atoms with van der Waals surface area (Å²) in [4.78, 5) is 0.167. The minimum atomic E-state index is -3.61. The van der Waals surface area contributed by atoms with Crippen molar-refractivity contribution in [2.75, 3.05) is 24.6 Å². The Morgan fingerprint density at radius 3 is 2.11 bits per heavy atom. The molecule has 0 saturated carbocycles. The van der Waals surface area contributed by atoms with Gasteiger partial charge in [0.25, 0.3) is 0 Å². The van der Waals surface area contributed by atoms with E-state index in [1.807, 2.05) is 0 Å². The molecule has 0 atom stereocenters. The van der Waals surface area contributed by atoms with Crippen LogP contribution in [0.3, 0.4) is 0 Å². The Morgan fingerprint density at radius 2 is 1.63 bits per heavy atom. The highest BCUT2D eigenvalue weighted by molar-refractivity contribution is 7.92. The summed E-state index contributed by atoms with van der Waals surface area (Å²) in [6.07, 6.45) is 0. The van der Waals surface area contributed by atoms with Crippen LogP contribution in [0.15, 0.2) is 29.2 Å². The van der Waals surface area contributed by atoms with Gasteiger partial charge in [-0.2, -0.15) is 4.31 Å². The molecule has 1 aliphatic rings. The van der Waals surface area contributed by atoms with Gasteiger partial charge in [-0.3, -0.25) is 0 Å². The van der Waals surface area contributed by atoms with Crippen molar-refractivity contribution in [2.24, 2.45) is 0 Å². The van der Waals surface area contributed by atoms with Crippen molar-refractivity contribution in [3.05, 3.63) is 29.8 Å². The molecule has 0 radical (unpaired) electrons. The van der Waals surface area contributed by atoms with E-state index in [1.54, 1.807) is 12.1 Å². The van der Waals surface area contributed by atoms with Gasteiger partial charge in [-0.15, -0.1) is 11.6 Å². The van der Waals surface area contributed by atoms with Crippen LogP contribution in [0.1, 0.15) is 5.56 Å². The molecule has 106 valence electrons. The molecule has 0 unspecified atom stereocenters. The summed E-state index contributed by atoms with van der Waals surface area (Å²) < 4.78 is 48.4. The summed E-state index contributed by atoms with van der Waals surface area (Å²) >= 11 is 5.65. The molecule has 1 heterocycles. The maximum Gasteiger partial charge on any atom is 0.243 e. The molecule has 8 heteroatoms. The molecule has 1 aliphatic heterocycles. The third-order valence-electron chi connectivity index (χ3n) is 3.02. The zero-order chi connectivity index (χ0) is 14.1. The molecular formula is C11H14ClNO4S2. The van der Waals surface area contributed by atoms with E-state index < -0.39 is 19.9 Å². The van der Waals surface area contributed by atoms with Crippen molar-refractivity contribution in [3.63, 3.8) is 0 Å². The Morgan fingerprint density at radius 1 is 1.11 bits per heavy atom. The van der Waals surface area contributed by atoms with E-state index in [9.17, 15) is 16.8 Å². The van der Waals surface area contributed by atoms with Crippen LogP contribution < -0.4 is 0 Å². The van der Waals surface area contributed by atoms with Gasteiger partial charge in [0.2, 0.25) is 10.0 Å². The Hall–Kier alpha value is -0.630. The lowest BCUT2D eigenvalue weighted by Gasteiger charge is -2.25. The molecule has 1 aromatic carbocycles. The smallest absolute Gasteiger partial charge is 0.229 e. The summed E-state index contributed by atoms with van der Waals surface area (Å²) in [5, 5.41) is 0. The first kappa shape index (κ1) is 14.8. The molecule has 1 aromatic rings. The molecule has 1 fully saturated rings. The number of alkyl halides is 1. The minimum absolute atomic E-state index is 0.0158. The van der Waals surface area contributed by atoms with E-state index in [4.69, 9.17) is 11.6 Å². The number of sulfonamides is 1. The molecule has 0 aromatic heterocycles. The second-order valence-electron chi connectivity index (χ2n) is 4.33. The van der Waals surface area contributed by atoms with Gasteiger partial charge in [0.15, 0.2) is 9.84 Å². The van der Waals surface area contributed by atoms with Crippen molar-refractivity contribution in [2.45, 2.75) is 10.8 Å². The van der Waals surface area contributed by atoms with E-state index >= 15 is 0 Å². The topological polar surface area (TPSA) is 71.5 Å². The van der Waals surface area contributed by atoms with E-state index in [-0.39, 0.29) is 29.5 Å². The van der Waals surface area contributed by atoms with Crippen LogP contribution in [-0.4, -0.2) is 45.7 Å². The molecule has 19 heavy (non-hydrogen) atoms. The van der Waals surface area contributed by atoms with Gasteiger partial charge in [0.1, 0.15) is 0 Å². The zero-order valence-electron chi connectivity index (χ0n) is 10.1. The highest BCUT2D eigenvalue weighted by Gasteiger charge is 2.30. The molecule has 5 nitrogen and oxygen atoms in total. The van der Waals surface area contributed by atoms with Crippen LogP contribution in [0.2, 0.25) is 0 Å². The molecule has 0 amide bonds. The number of halogens is 1. The molecule has 0 N–H and O–H groups in total. The van der Waals surface area contributed by atoms with E-state index in [1.165, 1.54) is 16.4 Å². The van der Waals surface area contributed by atoms with Crippen LogP contribution in [-0.2, 0) is 25.7 Å². The van der Waals surface area contributed by atoms with Crippen LogP contribution in [0.4, 0.5) is 0 Å². The maximum absolute atomic E-state index is 12.3. The minimum Gasteiger partial charge on any atom is -0.229 e. The number of hydrogen-bond acceptors (Lipinski definition) is 4. The first-order valence-electron chi connectivity index (χ1n) is 5.71. The van der Waals surface area contributed by atoms with Gasteiger partial charge in [0, 0.05) is 19.0 Å². The molecule has 0 spiro atoms. The van der Waals surface area contributed by atoms with Crippen molar-refractivity contribution in [3.8, 4) is 0 Å². The SMILES string of the molecule is O=S1(=O)CCN(S(=O)(=O)c2ccc(CCl)cc2)CC1. The summed E-state index contributed by atoms with van der Waals surface area (Å²) in [5.74, 6) is 0.0836. The second kappa shape index (κ2) is 5.40. The Kier molecular flexibility index (Phi) is 4.20. The van der Waals surface area contributed by atoms with Gasteiger partial charge in [0.05, 0.1) is 16.4 Å². The second-order valence-corrected chi connectivity index (χ2v) is 8.84. The molecule has 0 aliphatic carbocycles. The van der Waals surface area contributed by atoms with Crippen molar-refractivity contribution in [1.29, 1.82) is 0 Å². The monoisotopic (exact) mass is 323 g/mol. The van der Waals surface area contributed by atoms with Crippen LogP contribution in [0, 0.1) is 0 Å². The highest BCUT2D eigenvalue weighted by Crippen LogP contribution is 2.19. The largest absolute Gasteiger partial charge is 0.243 e. The summed E-state index contributed by atoms with van der Waals surface area (Å²) in [5.41, 5.74) is 0.835. The normalized spacial score (nSPS) is 20.3. The first-order chi connectivity index (χ1) is 8.85. The summed E-state index contributed by atoms with van der Waals surface area (Å²) in [6, 6.07) is 6.30. The van der Waals surface area contributed by atoms with E-state index in [0.29, 0.717) is 5.88 Å². The van der Waals surface area contributed by atoms with Crippen molar-refractivity contribution in [1.82, 2.24) is 4.31 Å². The van der Waals surface area contributed by atoms with Gasteiger partial charge in [-0.05, 0) is 17.7 Å². The lowest BCUT2D eigenvalue weighted by atomic mass is 10.2. The fourth-order valence-electron chi connectivity index (χ4n) is 1.84. The number of hydrogen-bond donors (Lipinski definition) is 0. The van der Waals surface area contributed by atoms with Crippen LogP contribution in [0.5, 0.6) is 0 Å². The average Bonchev–Trinajstić information content (AvgIpc) is 2.38. The zero-order valence-corrected chi connectivity index (χ0v) is 12.5. The van der Waals surface area contributed by atoms with Gasteiger partial charge < -0.3 is 0 Å². The van der Waals surface area contributed by atoms with E-state index in [0.717, 1.165) is 5.56 Å². The number of rotatable bonds is 3. The number of benzene rings is 1. The van der Waals surface area contributed by atoms with Crippen molar-refractivity contribution >= 4 is 31.5 Å². The lowest BCUT2D eigenvalue weighted by molar-refractivity contribution is 0.431. The van der Waals surface area contributed by atoms with Crippen LogP contribution >= 0.6 is 11.6 Å².